The highest BCUT2D eigenvalue weighted by Crippen LogP contribution is 2.24. The molecule has 7 N–H and O–H groups in total. The third-order valence-corrected chi connectivity index (χ3v) is 5.07. The number of imide groups is 1. The molecule has 1 unspecified atom stereocenters. The van der Waals surface area contributed by atoms with Crippen LogP contribution in [-0.2, 0) is 19.2 Å². The average molecular weight is 447 g/mol. The second kappa shape index (κ2) is 11.2. The molecule has 2 rings (SSSR count). The number of benzene rings is 1. The molecule has 2 atom stereocenters. The van der Waals surface area contributed by atoms with E-state index in [1.54, 1.807) is 38.1 Å². The van der Waals surface area contributed by atoms with Crippen LogP contribution in [0.15, 0.2) is 24.3 Å². The van der Waals surface area contributed by atoms with E-state index in [1.165, 1.54) is 0 Å². The van der Waals surface area contributed by atoms with Gasteiger partial charge in [0.2, 0.25) is 23.6 Å². The second-order valence-electron chi connectivity index (χ2n) is 7.92. The van der Waals surface area contributed by atoms with Gasteiger partial charge in [0.1, 0.15) is 6.04 Å². The first-order valence-electron chi connectivity index (χ1n) is 10.5. The number of anilines is 2. The highest BCUT2D eigenvalue weighted by molar-refractivity contribution is 6.19. The van der Waals surface area contributed by atoms with Gasteiger partial charge in [-0.1, -0.05) is 13.8 Å². The fourth-order valence-corrected chi connectivity index (χ4v) is 3.15. The normalized spacial score (nSPS) is 15.4. The minimum absolute atomic E-state index is 0.112. The van der Waals surface area contributed by atoms with Crippen LogP contribution in [0, 0.1) is 5.92 Å². The number of hydrogen-bond acceptors (Lipinski definition) is 6. The molecule has 1 heterocycles. The number of carbonyl (C=O) groups is 5. The molecule has 1 aliphatic heterocycles. The number of nitrogens with one attached hydrogen (secondary N) is 3. The molecule has 1 aromatic carbocycles. The number of nitrogens with two attached hydrogens (primary N) is 2. The molecule has 0 spiro atoms. The van der Waals surface area contributed by atoms with Crippen molar-refractivity contribution in [2.75, 3.05) is 16.8 Å². The summed E-state index contributed by atoms with van der Waals surface area (Å²) in [6.45, 7) is 3.85. The fraction of sp³-hybridized carbons (Fsp3) is 0.476. The Kier molecular flexibility index (Phi) is 8.71. The Morgan fingerprint density at radius 1 is 1.03 bits per heavy atom. The van der Waals surface area contributed by atoms with Crippen molar-refractivity contribution >= 4 is 41.0 Å². The van der Waals surface area contributed by atoms with Crippen molar-refractivity contribution in [3.8, 4) is 0 Å². The molecule has 11 nitrogen and oxygen atoms in total. The van der Waals surface area contributed by atoms with Gasteiger partial charge in [-0.15, -0.1) is 0 Å². The molecule has 1 aliphatic rings. The van der Waals surface area contributed by atoms with E-state index < -0.39 is 29.9 Å². The zero-order chi connectivity index (χ0) is 23.8. The van der Waals surface area contributed by atoms with E-state index in [0.29, 0.717) is 17.8 Å². The van der Waals surface area contributed by atoms with Crippen LogP contribution in [0.1, 0.15) is 39.5 Å². The maximum absolute atomic E-state index is 12.8. The van der Waals surface area contributed by atoms with Crippen molar-refractivity contribution in [2.45, 2.75) is 51.6 Å². The van der Waals surface area contributed by atoms with Crippen LogP contribution in [0.3, 0.4) is 0 Å². The molecule has 0 aliphatic carbocycles. The number of hydrogen-bond donors (Lipinski definition) is 5. The maximum Gasteiger partial charge on any atom is 0.312 e. The smallest absolute Gasteiger partial charge is 0.312 e. The summed E-state index contributed by atoms with van der Waals surface area (Å²) in [5.41, 5.74) is 11.8. The molecular weight excluding hydrogens is 416 g/mol. The fourth-order valence-electron chi connectivity index (χ4n) is 3.15. The lowest BCUT2D eigenvalue weighted by Crippen LogP contribution is -2.51. The van der Waals surface area contributed by atoms with Crippen molar-refractivity contribution in [1.82, 2.24) is 10.6 Å². The Labute approximate surface area is 186 Å². The van der Waals surface area contributed by atoms with Gasteiger partial charge in [-0.2, -0.15) is 0 Å². The van der Waals surface area contributed by atoms with Gasteiger partial charge in [-0.05, 0) is 43.0 Å². The summed E-state index contributed by atoms with van der Waals surface area (Å²) in [5, 5.41) is 7.80. The summed E-state index contributed by atoms with van der Waals surface area (Å²) in [6, 6.07) is 3.93. The monoisotopic (exact) mass is 446 g/mol. The second-order valence-corrected chi connectivity index (χ2v) is 7.92. The minimum Gasteiger partial charge on any atom is -0.352 e. The van der Waals surface area contributed by atoms with E-state index in [4.69, 9.17) is 11.5 Å². The van der Waals surface area contributed by atoms with Crippen LogP contribution in [-0.4, -0.2) is 48.3 Å². The van der Waals surface area contributed by atoms with Crippen LogP contribution in [0.4, 0.5) is 16.2 Å². The van der Waals surface area contributed by atoms with Crippen molar-refractivity contribution in [2.24, 2.45) is 17.4 Å². The number of rotatable bonds is 10. The number of urea groups is 1. The van der Waals surface area contributed by atoms with Crippen LogP contribution < -0.4 is 32.3 Å². The van der Waals surface area contributed by atoms with E-state index in [1.807, 2.05) is 0 Å². The molecule has 0 radical (unpaired) electrons. The van der Waals surface area contributed by atoms with Crippen molar-refractivity contribution in [3.05, 3.63) is 24.3 Å². The first kappa shape index (κ1) is 24.8. The van der Waals surface area contributed by atoms with Crippen LogP contribution >= 0.6 is 0 Å². The third kappa shape index (κ3) is 6.77. The summed E-state index contributed by atoms with van der Waals surface area (Å²) in [4.78, 5) is 60.9. The quantitative estimate of drug-likeness (QED) is 0.253. The highest BCUT2D eigenvalue weighted by atomic mass is 16.2. The molecule has 1 saturated heterocycles. The van der Waals surface area contributed by atoms with Crippen molar-refractivity contribution in [1.29, 1.82) is 0 Å². The zero-order valence-electron chi connectivity index (χ0n) is 18.2. The summed E-state index contributed by atoms with van der Waals surface area (Å²) in [6.07, 6.45) is 1.01. The number of amides is 6. The lowest BCUT2D eigenvalue weighted by atomic mass is 10.0. The number of primary amides is 1. The standard InChI is InChI=1S/C21H30N6O5/c1-12(2)18(22)20(31)26-15(4-3-11-24-21(23)32)19(30)25-13-5-7-14(8-6-13)27-16(28)9-10-17(27)29/h5-8,12,15,18H,3-4,9-11,22H2,1-2H3,(H,25,30)(H,26,31)(H3,23,24,32)/t15-,18?/m0/s1. The molecule has 1 fully saturated rings. The molecular formula is C21H30N6O5. The molecule has 1 aromatic rings. The molecule has 11 heteroatoms. The van der Waals surface area contributed by atoms with Crippen molar-refractivity contribution < 1.29 is 24.0 Å². The summed E-state index contributed by atoms with van der Waals surface area (Å²) < 4.78 is 0. The first-order chi connectivity index (χ1) is 15.1. The Bertz CT molecular complexity index is 854. The zero-order valence-corrected chi connectivity index (χ0v) is 18.2. The Balaban J connectivity index is 2.05. The van der Waals surface area contributed by atoms with Gasteiger partial charge in [-0.25, -0.2) is 4.79 Å². The Morgan fingerprint density at radius 3 is 2.16 bits per heavy atom. The number of nitrogens with zero attached hydrogens (tertiary/aromatic N) is 1. The van der Waals surface area contributed by atoms with Gasteiger partial charge in [0.05, 0.1) is 11.7 Å². The predicted octanol–water partition coefficient (Wildman–Crippen LogP) is 0.195. The van der Waals surface area contributed by atoms with Gasteiger partial charge in [0, 0.05) is 25.1 Å². The van der Waals surface area contributed by atoms with E-state index in [-0.39, 0.29) is 43.5 Å². The lowest BCUT2D eigenvalue weighted by molar-refractivity contribution is -0.128. The van der Waals surface area contributed by atoms with Crippen LogP contribution in [0.2, 0.25) is 0 Å². The predicted molar refractivity (Wildman–Crippen MR) is 118 cm³/mol. The van der Waals surface area contributed by atoms with E-state index >= 15 is 0 Å². The average Bonchev–Trinajstić information content (AvgIpc) is 3.07. The van der Waals surface area contributed by atoms with E-state index in [2.05, 4.69) is 16.0 Å². The Morgan fingerprint density at radius 2 is 1.62 bits per heavy atom. The molecule has 0 saturated carbocycles. The van der Waals surface area contributed by atoms with Gasteiger partial charge in [0.25, 0.3) is 0 Å². The highest BCUT2D eigenvalue weighted by Gasteiger charge is 2.30. The van der Waals surface area contributed by atoms with Gasteiger partial charge >= 0.3 is 6.03 Å². The summed E-state index contributed by atoms with van der Waals surface area (Å²) >= 11 is 0. The molecule has 0 aromatic heterocycles. The van der Waals surface area contributed by atoms with E-state index in [0.717, 1.165) is 4.90 Å². The molecule has 6 amide bonds. The van der Waals surface area contributed by atoms with Crippen LogP contribution in [0.5, 0.6) is 0 Å². The largest absolute Gasteiger partial charge is 0.352 e. The minimum atomic E-state index is -0.886. The number of carbonyl (C=O) groups excluding carboxylic acids is 5. The SMILES string of the molecule is CC(C)C(N)C(=O)N[C@@H](CCCNC(N)=O)C(=O)Nc1ccc(N2C(=O)CCC2=O)cc1. The van der Waals surface area contributed by atoms with Gasteiger partial charge in [0.15, 0.2) is 0 Å². The maximum atomic E-state index is 12.8. The molecule has 0 bridgehead atoms. The first-order valence-corrected chi connectivity index (χ1v) is 10.5. The molecule has 174 valence electrons. The topological polar surface area (TPSA) is 177 Å². The van der Waals surface area contributed by atoms with Gasteiger partial charge < -0.3 is 27.4 Å². The summed E-state index contributed by atoms with van der Waals surface area (Å²) in [5.74, 6) is -1.56. The van der Waals surface area contributed by atoms with Crippen molar-refractivity contribution in [3.63, 3.8) is 0 Å². The van der Waals surface area contributed by atoms with E-state index in [9.17, 15) is 24.0 Å². The Hall–Kier alpha value is -3.47. The lowest BCUT2D eigenvalue weighted by Gasteiger charge is -2.22. The molecule has 32 heavy (non-hydrogen) atoms. The summed E-state index contributed by atoms with van der Waals surface area (Å²) in [7, 11) is 0. The van der Waals surface area contributed by atoms with Crippen LogP contribution in [0.25, 0.3) is 0 Å². The van der Waals surface area contributed by atoms with Gasteiger partial charge in [-0.3, -0.25) is 24.1 Å². The third-order valence-electron chi connectivity index (χ3n) is 5.07.